The molecule has 0 aliphatic rings. The second-order valence-electron chi connectivity index (χ2n) is 5.10. The zero-order chi connectivity index (χ0) is 12.6. The van der Waals surface area contributed by atoms with Gasteiger partial charge in [-0.15, -0.1) is 0 Å². The molecule has 17 heavy (non-hydrogen) atoms. The number of nitroso groups, excluding NO2 is 1. The van der Waals surface area contributed by atoms with Crippen LogP contribution in [0.2, 0.25) is 0 Å². The lowest BCUT2D eigenvalue weighted by Gasteiger charge is -2.02. The zero-order valence-corrected chi connectivity index (χ0v) is 11.8. The highest BCUT2D eigenvalue weighted by Crippen LogP contribution is 2.12. The van der Waals surface area contributed by atoms with E-state index in [0.29, 0.717) is 6.54 Å². The molecular formula is C15H31NO. The molecule has 0 rings (SSSR count). The fraction of sp³-hybridized carbons (Fsp3) is 1.00. The maximum atomic E-state index is 9.86. The SMILES string of the molecule is CCCCCCCCCCCCCCCN=O. The largest absolute Gasteiger partial charge is 0.151 e. The lowest BCUT2D eigenvalue weighted by Crippen LogP contribution is -1.84. The van der Waals surface area contributed by atoms with E-state index in [1.54, 1.807) is 0 Å². The van der Waals surface area contributed by atoms with Gasteiger partial charge in [-0.3, -0.25) is 0 Å². The lowest BCUT2D eigenvalue weighted by atomic mass is 10.0. The first-order valence-electron chi connectivity index (χ1n) is 7.71. The van der Waals surface area contributed by atoms with Crippen molar-refractivity contribution in [3.05, 3.63) is 4.91 Å². The zero-order valence-electron chi connectivity index (χ0n) is 11.8. The molecule has 0 aromatic rings. The monoisotopic (exact) mass is 241 g/mol. The van der Waals surface area contributed by atoms with E-state index < -0.39 is 0 Å². The molecule has 2 heteroatoms. The molecule has 0 unspecified atom stereocenters. The van der Waals surface area contributed by atoms with Crippen LogP contribution in [0.5, 0.6) is 0 Å². The van der Waals surface area contributed by atoms with Crippen LogP contribution < -0.4 is 0 Å². The highest BCUT2D eigenvalue weighted by atomic mass is 16.3. The quantitative estimate of drug-likeness (QED) is 0.277. The fourth-order valence-electron chi connectivity index (χ4n) is 2.19. The average Bonchev–Trinajstić information content (AvgIpc) is 2.35. The molecule has 0 bridgehead atoms. The van der Waals surface area contributed by atoms with Gasteiger partial charge in [0.2, 0.25) is 0 Å². The highest BCUT2D eigenvalue weighted by Gasteiger charge is 1.93. The Morgan fingerprint density at radius 3 is 1.29 bits per heavy atom. The smallest absolute Gasteiger partial charge is 0.0811 e. The van der Waals surface area contributed by atoms with Crippen LogP contribution >= 0.6 is 0 Å². The van der Waals surface area contributed by atoms with Gasteiger partial charge in [0, 0.05) is 0 Å². The summed E-state index contributed by atoms with van der Waals surface area (Å²) in [6.45, 7) is 2.78. The van der Waals surface area contributed by atoms with E-state index in [2.05, 4.69) is 12.1 Å². The van der Waals surface area contributed by atoms with Crippen molar-refractivity contribution in [1.29, 1.82) is 0 Å². The van der Waals surface area contributed by atoms with E-state index in [1.165, 1.54) is 77.0 Å². The van der Waals surface area contributed by atoms with Crippen molar-refractivity contribution in [2.75, 3.05) is 6.54 Å². The van der Waals surface area contributed by atoms with E-state index in [9.17, 15) is 4.91 Å². The second-order valence-corrected chi connectivity index (χ2v) is 5.10. The summed E-state index contributed by atoms with van der Waals surface area (Å²) in [5.74, 6) is 0. The molecule has 0 aliphatic heterocycles. The van der Waals surface area contributed by atoms with Gasteiger partial charge in [-0.05, 0) is 6.42 Å². The molecule has 0 atom stereocenters. The van der Waals surface area contributed by atoms with Crippen molar-refractivity contribution in [3.63, 3.8) is 0 Å². The first-order chi connectivity index (χ1) is 8.41. The van der Waals surface area contributed by atoms with E-state index >= 15 is 0 Å². The van der Waals surface area contributed by atoms with Crippen LogP contribution in [-0.4, -0.2) is 6.54 Å². The van der Waals surface area contributed by atoms with Crippen molar-refractivity contribution in [2.24, 2.45) is 5.18 Å². The molecule has 102 valence electrons. The van der Waals surface area contributed by atoms with E-state index in [0.717, 1.165) is 6.42 Å². The van der Waals surface area contributed by atoms with Crippen LogP contribution in [-0.2, 0) is 0 Å². The first kappa shape index (κ1) is 16.6. The molecule has 0 radical (unpaired) electrons. The fourth-order valence-corrected chi connectivity index (χ4v) is 2.19. The van der Waals surface area contributed by atoms with Crippen molar-refractivity contribution in [3.8, 4) is 0 Å². The Labute approximate surface area is 108 Å². The molecule has 0 amide bonds. The minimum absolute atomic E-state index is 0.512. The molecule has 0 aliphatic carbocycles. The molecular weight excluding hydrogens is 210 g/mol. The van der Waals surface area contributed by atoms with Crippen LogP contribution in [0.15, 0.2) is 5.18 Å². The van der Waals surface area contributed by atoms with Crippen LogP contribution in [0.25, 0.3) is 0 Å². The van der Waals surface area contributed by atoms with Gasteiger partial charge in [0.05, 0.1) is 6.54 Å². The van der Waals surface area contributed by atoms with Crippen LogP contribution in [0, 0.1) is 4.91 Å². The van der Waals surface area contributed by atoms with Crippen molar-refractivity contribution >= 4 is 0 Å². The number of nitrogens with zero attached hydrogens (tertiary/aromatic N) is 1. The molecule has 0 saturated carbocycles. The van der Waals surface area contributed by atoms with Gasteiger partial charge in [0.25, 0.3) is 0 Å². The van der Waals surface area contributed by atoms with Gasteiger partial charge in [0.15, 0.2) is 0 Å². The summed E-state index contributed by atoms with van der Waals surface area (Å²) in [5.41, 5.74) is 0. The molecule has 0 heterocycles. The summed E-state index contributed by atoms with van der Waals surface area (Å²) in [5, 5.41) is 2.87. The minimum Gasteiger partial charge on any atom is -0.151 e. The number of hydrogen-bond donors (Lipinski definition) is 0. The van der Waals surface area contributed by atoms with E-state index in [-0.39, 0.29) is 0 Å². The topological polar surface area (TPSA) is 29.4 Å². The third-order valence-electron chi connectivity index (χ3n) is 3.35. The van der Waals surface area contributed by atoms with Gasteiger partial charge in [-0.2, -0.15) is 4.91 Å². The molecule has 0 saturated heterocycles. The second kappa shape index (κ2) is 15.6. The number of rotatable bonds is 14. The van der Waals surface area contributed by atoms with Crippen molar-refractivity contribution in [2.45, 2.75) is 90.4 Å². The minimum atomic E-state index is 0.512. The van der Waals surface area contributed by atoms with Gasteiger partial charge in [0.1, 0.15) is 0 Å². The Balaban J connectivity index is 2.87. The summed E-state index contributed by atoms with van der Waals surface area (Å²) < 4.78 is 0. The van der Waals surface area contributed by atoms with Crippen LogP contribution in [0.4, 0.5) is 0 Å². The predicted octanol–water partition coefficient (Wildman–Crippen LogP) is 5.84. The third kappa shape index (κ3) is 15.6. The Bertz CT molecular complexity index is 148. The number of unbranched alkanes of at least 4 members (excludes halogenated alkanes) is 12. The van der Waals surface area contributed by atoms with Crippen LogP contribution in [0.3, 0.4) is 0 Å². The normalized spacial score (nSPS) is 10.6. The summed E-state index contributed by atoms with van der Waals surface area (Å²) in [6, 6.07) is 0. The number of hydrogen-bond acceptors (Lipinski definition) is 2. The third-order valence-corrected chi connectivity index (χ3v) is 3.35. The van der Waals surface area contributed by atoms with Gasteiger partial charge < -0.3 is 0 Å². The van der Waals surface area contributed by atoms with Crippen molar-refractivity contribution < 1.29 is 0 Å². The molecule has 0 spiro atoms. The van der Waals surface area contributed by atoms with Crippen LogP contribution in [0.1, 0.15) is 90.4 Å². The highest BCUT2D eigenvalue weighted by molar-refractivity contribution is 4.49. The Kier molecular flexibility index (Phi) is 15.2. The van der Waals surface area contributed by atoms with Gasteiger partial charge in [-0.1, -0.05) is 89.2 Å². The predicted molar refractivity (Wildman–Crippen MR) is 76.4 cm³/mol. The Morgan fingerprint density at radius 1 is 0.588 bits per heavy atom. The first-order valence-corrected chi connectivity index (χ1v) is 7.71. The standard InChI is InChI=1S/C15H31NO/c1-2-3-4-5-6-7-8-9-10-11-12-13-14-15-16-17/h2-15H2,1H3. The summed E-state index contributed by atoms with van der Waals surface area (Å²) in [4.78, 5) is 9.86. The Hall–Kier alpha value is -0.400. The van der Waals surface area contributed by atoms with Crippen molar-refractivity contribution in [1.82, 2.24) is 0 Å². The summed E-state index contributed by atoms with van der Waals surface area (Å²) in [6.07, 6.45) is 17.5. The van der Waals surface area contributed by atoms with E-state index in [1.807, 2.05) is 0 Å². The molecule has 0 N–H and O–H groups in total. The summed E-state index contributed by atoms with van der Waals surface area (Å²) in [7, 11) is 0. The lowest BCUT2D eigenvalue weighted by molar-refractivity contribution is 0.540. The summed E-state index contributed by atoms with van der Waals surface area (Å²) >= 11 is 0. The maximum Gasteiger partial charge on any atom is 0.0811 e. The molecule has 0 aromatic carbocycles. The maximum absolute atomic E-state index is 9.86. The van der Waals surface area contributed by atoms with E-state index in [4.69, 9.17) is 0 Å². The Morgan fingerprint density at radius 2 is 0.941 bits per heavy atom. The average molecular weight is 241 g/mol. The van der Waals surface area contributed by atoms with Gasteiger partial charge in [-0.25, -0.2) is 0 Å². The molecule has 0 aromatic heterocycles. The molecule has 0 fully saturated rings. The molecule has 2 nitrogen and oxygen atoms in total. The van der Waals surface area contributed by atoms with Gasteiger partial charge >= 0.3 is 0 Å².